The van der Waals surface area contributed by atoms with Crippen molar-refractivity contribution >= 4 is 11.9 Å². The minimum absolute atomic E-state index is 0.222. The second-order valence-electron chi connectivity index (χ2n) is 4.67. The van der Waals surface area contributed by atoms with E-state index >= 15 is 0 Å². The van der Waals surface area contributed by atoms with Crippen LogP contribution in [0.4, 0.5) is 0 Å². The van der Waals surface area contributed by atoms with Crippen LogP contribution >= 0.6 is 0 Å². The van der Waals surface area contributed by atoms with Gasteiger partial charge in [0.25, 0.3) is 0 Å². The Hall–Kier alpha value is -2.82. The molecule has 0 unspecified atom stereocenters. The average Bonchev–Trinajstić information content (AvgIpc) is 2.37. The van der Waals surface area contributed by atoms with Crippen molar-refractivity contribution in [3.05, 3.63) is 58.7 Å². The van der Waals surface area contributed by atoms with E-state index in [1.807, 2.05) is 0 Å². The highest BCUT2D eigenvalue weighted by Gasteiger charge is 2.10. The zero-order valence-corrected chi connectivity index (χ0v) is 11.6. The number of carboxylic acid groups (broad SMARTS) is 2. The lowest BCUT2D eigenvalue weighted by Crippen LogP contribution is -2.00. The third-order valence-electron chi connectivity index (χ3n) is 3.09. The lowest BCUT2D eigenvalue weighted by Gasteiger charge is -2.09. The summed E-state index contributed by atoms with van der Waals surface area (Å²) in [4.78, 5) is 21.9. The number of aryl methyl sites for hydroxylation is 2. The van der Waals surface area contributed by atoms with Gasteiger partial charge in [0.15, 0.2) is 0 Å². The summed E-state index contributed by atoms with van der Waals surface area (Å²) in [5.41, 5.74) is 1.64. The van der Waals surface area contributed by atoms with Gasteiger partial charge in [-0.2, -0.15) is 0 Å². The summed E-state index contributed by atoms with van der Waals surface area (Å²) in [6.07, 6.45) is 0. The van der Waals surface area contributed by atoms with E-state index in [9.17, 15) is 9.59 Å². The molecule has 0 aliphatic heterocycles. The van der Waals surface area contributed by atoms with E-state index in [1.54, 1.807) is 38.1 Å². The Balaban J connectivity index is 2.26. The maximum Gasteiger partial charge on any atom is 0.335 e. The quantitative estimate of drug-likeness (QED) is 0.898. The molecule has 21 heavy (non-hydrogen) atoms. The normalized spacial score (nSPS) is 10.2. The van der Waals surface area contributed by atoms with Crippen molar-refractivity contribution in [3.63, 3.8) is 0 Å². The van der Waals surface area contributed by atoms with Crippen LogP contribution in [0.2, 0.25) is 0 Å². The van der Waals surface area contributed by atoms with E-state index in [0.717, 1.165) is 0 Å². The van der Waals surface area contributed by atoms with Crippen molar-refractivity contribution in [1.82, 2.24) is 0 Å². The van der Waals surface area contributed by atoms with E-state index in [4.69, 9.17) is 14.9 Å². The number of ether oxygens (including phenoxy) is 1. The minimum atomic E-state index is -0.985. The molecule has 0 heterocycles. The maximum absolute atomic E-state index is 10.9. The van der Waals surface area contributed by atoms with Gasteiger partial charge in [0.1, 0.15) is 11.5 Å². The lowest BCUT2D eigenvalue weighted by atomic mass is 10.1. The van der Waals surface area contributed by atoms with Crippen LogP contribution in [0.15, 0.2) is 36.4 Å². The molecule has 0 aliphatic rings. The number of rotatable bonds is 4. The molecule has 0 atom stereocenters. The number of carbonyl (C=O) groups is 2. The first kappa shape index (κ1) is 14.6. The molecule has 0 bridgehead atoms. The molecule has 2 rings (SSSR count). The van der Waals surface area contributed by atoms with E-state index in [2.05, 4.69) is 0 Å². The molecule has 0 aromatic heterocycles. The highest BCUT2D eigenvalue weighted by atomic mass is 16.5. The standard InChI is InChI=1S/C16H14O5/c1-9-7-11(3-5-13(9)15(17)18)21-12-4-6-14(16(19)20)10(2)8-12/h3-8H,1-2H3,(H,17,18)(H,19,20). The molecule has 0 saturated heterocycles. The molecule has 0 amide bonds. The predicted molar refractivity (Wildman–Crippen MR) is 76.4 cm³/mol. The molecule has 2 aromatic rings. The van der Waals surface area contributed by atoms with Crippen LogP contribution in [0.3, 0.4) is 0 Å². The van der Waals surface area contributed by atoms with Gasteiger partial charge in [-0.05, 0) is 61.4 Å². The number of hydrogen-bond donors (Lipinski definition) is 2. The zero-order valence-electron chi connectivity index (χ0n) is 11.6. The van der Waals surface area contributed by atoms with Gasteiger partial charge in [0.2, 0.25) is 0 Å². The SMILES string of the molecule is Cc1cc(Oc2ccc(C(=O)O)c(C)c2)ccc1C(=O)O. The highest BCUT2D eigenvalue weighted by molar-refractivity contribution is 5.90. The summed E-state index contributed by atoms with van der Waals surface area (Å²) in [5.74, 6) is -0.971. The molecule has 0 saturated carbocycles. The Bertz CT molecular complexity index is 657. The first-order chi connectivity index (χ1) is 9.88. The van der Waals surface area contributed by atoms with Gasteiger partial charge in [-0.25, -0.2) is 9.59 Å². The number of benzene rings is 2. The van der Waals surface area contributed by atoms with Crippen molar-refractivity contribution in [2.24, 2.45) is 0 Å². The molecule has 2 aromatic carbocycles. The van der Waals surface area contributed by atoms with E-state index in [-0.39, 0.29) is 11.1 Å². The Labute approximate surface area is 121 Å². The summed E-state index contributed by atoms with van der Waals surface area (Å²) >= 11 is 0. The van der Waals surface area contributed by atoms with Gasteiger partial charge in [0.05, 0.1) is 11.1 Å². The van der Waals surface area contributed by atoms with Crippen LogP contribution in [-0.2, 0) is 0 Å². The molecule has 0 fully saturated rings. The Morgan fingerprint density at radius 2 is 1.19 bits per heavy atom. The van der Waals surface area contributed by atoms with Gasteiger partial charge in [-0.3, -0.25) is 0 Å². The first-order valence-corrected chi connectivity index (χ1v) is 6.24. The fourth-order valence-corrected chi connectivity index (χ4v) is 2.02. The third-order valence-corrected chi connectivity index (χ3v) is 3.09. The van der Waals surface area contributed by atoms with Gasteiger partial charge >= 0.3 is 11.9 Å². The van der Waals surface area contributed by atoms with Gasteiger partial charge in [-0.15, -0.1) is 0 Å². The minimum Gasteiger partial charge on any atom is -0.478 e. The average molecular weight is 286 g/mol. The summed E-state index contributed by atoms with van der Waals surface area (Å²) < 4.78 is 5.62. The Kier molecular flexibility index (Phi) is 3.93. The Morgan fingerprint density at radius 3 is 1.48 bits per heavy atom. The highest BCUT2D eigenvalue weighted by Crippen LogP contribution is 2.25. The van der Waals surface area contributed by atoms with E-state index in [1.165, 1.54) is 12.1 Å². The van der Waals surface area contributed by atoms with Crippen LogP contribution in [-0.4, -0.2) is 22.2 Å². The largest absolute Gasteiger partial charge is 0.478 e. The summed E-state index contributed by atoms with van der Waals surface area (Å²) in [7, 11) is 0. The number of hydrogen-bond acceptors (Lipinski definition) is 3. The molecule has 2 N–H and O–H groups in total. The van der Waals surface area contributed by atoms with E-state index in [0.29, 0.717) is 22.6 Å². The molecule has 0 aliphatic carbocycles. The fourth-order valence-electron chi connectivity index (χ4n) is 2.02. The topological polar surface area (TPSA) is 83.8 Å². The summed E-state index contributed by atoms with van der Waals surface area (Å²) in [5, 5.41) is 17.9. The van der Waals surface area contributed by atoms with Crippen molar-refractivity contribution in [3.8, 4) is 11.5 Å². The van der Waals surface area contributed by atoms with Gasteiger partial charge in [-0.1, -0.05) is 0 Å². The summed E-state index contributed by atoms with van der Waals surface area (Å²) in [6.45, 7) is 3.38. The number of aromatic carboxylic acids is 2. The van der Waals surface area contributed by atoms with Crippen molar-refractivity contribution in [1.29, 1.82) is 0 Å². The van der Waals surface area contributed by atoms with Crippen molar-refractivity contribution in [2.75, 3.05) is 0 Å². The second kappa shape index (κ2) is 5.66. The summed E-state index contributed by atoms with van der Waals surface area (Å²) in [6, 6.07) is 9.35. The van der Waals surface area contributed by atoms with Gasteiger partial charge < -0.3 is 14.9 Å². The molecular weight excluding hydrogens is 272 g/mol. The number of carboxylic acids is 2. The zero-order chi connectivity index (χ0) is 15.6. The third kappa shape index (κ3) is 3.20. The van der Waals surface area contributed by atoms with Gasteiger partial charge in [0, 0.05) is 0 Å². The van der Waals surface area contributed by atoms with Crippen LogP contribution in [0.25, 0.3) is 0 Å². The van der Waals surface area contributed by atoms with Crippen molar-refractivity contribution in [2.45, 2.75) is 13.8 Å². The van der Waals surface area contributed by atoms with E-state index < -0.39 is 11.9 Å². The Morgan fingerprint density at radius 1 is 0.810 bits per heavy atom. The molecule has 0 radical (unpaired) electrons. The first-order valence-electron chi connectivity index (χ1n) is 6.24. The molecule has 5 heteroatoms. The molecule has 5 nitrogen and oxygen atoms in total. The fraction of sp³-hybridized carbons (Fsp3) is 0.125. The lowest BCUT2D eigenvalue weighted by molar-refractivity contribution is 0.0685. The van der Waals surface area contributed by atoms with Crippen LogP contribution < -0.4 is 4.74 Å². The smallest absolute Gasteiger partial charge is 0.335 e. The molecule has 0 spiro atoms. The molecular formula is C16H14O5. The predicted octanol–water partition coefficient (Wildman–Crippen LogP) is 3.49. The second-order valence-corrected chi connectivity index (χ2v) is 4.67. The monoisotopic (exact) mass is 286 g/mol. The van der Waals surface area contributed by atoms with Crippen LogP contribution in [0.5, 0.6) is 11.5 Å². The molecule has 108 valence electrons. The maximum atomic E-state index is 10.9. The van der Waals surface area contributed by atoms with Crippen LogP contribution in [0, 0.1) is 13.8 Å². The van der Waals surface area contributed by atoms with Crippen LogP contribution in [0.1, 0.15) is 31.8 Å². The van der Waals surface area contributed by atoms with Crippen molar-refractivity contribution < 1.29 is 24.5 Å².